The van der Waals surface area contributed by atoms with Gasteiger partial charge in [0.15, 0.2) is 5.82 Å². The smallest absolute Gasteiger partial charge is 0.267 e. The zero-order valence-electron chi connectivity index (χ0n) is 14.6. The number of alkyl halides is 1. The highest BCUT2D eigenvalue weighted by molar-refractivity contribution is 5.75. The second-order valence-electron chi connectivity index (χ2n) is 4.98. The van der Waals surface area contributed by atoms with Crippen LogP contribution in [0.3, 0.4) is 0 Å². The quantitative estimate of drug-likeness (QED) is 0.160. The van der Waals surface area contributed by atoms with E-state index >= 15 is 0 Å². The van der Waals surface area contributed by atoms with Crippen LogP contribution in [0.2, 0.25) is 0 Å². The van der Waals surface area contributed by atoms with Gasteiger partial charge in [-0.2, -0.15) is 15.0 Å². The van der Waals surface area contributed by atoms with E-state index in [1.54, 1.807) is 30.7 Å². The van der Waals surface area contributed by atoms with Gasteiger partial charge in [0.25, 0.3) is 5.70 Å². The molecule has 0 saturated carbocycles. The molecule has 0 fully saturated rings. The summed E-state index contributed by atoms with van der Waals surface area (Å²) >= 11 is 0. The maximum atomic E-state index is 12.2. The second kappa shape index (κ2) is 11.1. The van der Waals surface area contributed by atoms with Crippen molar-refractivity contribution in [2.75, 3.05) is 13.3 Å². The van der Waals surface area contributed by atoms with Crippen molar-refractivity contribution in [3.8, 4) is 0 Å². The molecule has 1 aromatic heterocycles. The van der Waals surface area contributed by atoms with Crippen LogP contribution in [0.25, 0.3) is 0 Å². The van der Waals surface area contributed by atoms with Crippen molar-refractivity contribution >= 4 is 11.7 Å². The molecule has 1 heterocycles. The third-order valence-corrected chi connectivity index (χ3v) is 2.93. The lowest BCUT2D eigenvalue weighted by Crippen LogP contribution is -2.03. The minimum atomic E-state index is -0.885. The highest BCUT2D eigenvalue weighted by Gasteiger charge is 2.08. The molecular formula is C16H23FN4O4. The lowest BCUT2D eigenvalue weighted by Gasteiger charge is -2.03. The minimum Gasteiger partial charge on any atom is -0.322 e. The summed E-state index contributed by atoms with van der Waals surface area (Å²) in [6, 6.07) is 1.77. The first-order valence-corrected chi connectivity index (χ1v) is 8.00. The first-order valence-electron chi connectivity index (χ1n) is 8.00. The van der Waals surface area contributed by atoms with Gasteiger partial charge in [-0.3, -0.25) is 10.1 Å². The van der Waals surface area contributed by atoms with Gasteiger partial charge in [0.1, 0.15) is 6.67 Å². The highest BCUT2D eigenvalue weighted by atomic mass is 19.1. The summed E-state index contributed by atoms with van der Waals surface area (Å²) in [5.41, 5.74) is 0.408. The molecule has 0 saturated heterocycles. The summed E-state index contributed by atoms with van der Waals surface area (Å²) in [7, 11) is 0. The molecule has 9 heteroatoms. The van der Waals surface area contributed by atoms with E-state index in [0.29, 0.717) is 37.0 Å². The summed E-state index contributed by atoms with van der Waals surface area (Å²) in [4.78, 5) is 24.2. The molecule has 0 amide bonds. The lowest BCUT2D eigenvalue weighted by molar-refractivity contribution is -0.419. The van der Waals surface area contributed by atoms with Crippen LogP contribution in [0, 0.1) is 10.1 Å². The molecule has 0 aromatic carbocycles. The van der Waals surface area contributed by atoms with Gasteiger partial charge in [-0.1, -0.05) is 13.0 Å². The van der Waals surface area contributed by atoms with Crippen LogP contribution in [-0.2, 0) is 22.7 Å². The Kier molecular flexibility index (Phi) is 9.09. The van der Waals surface area contributed by atoms with Gasteiger partial charge < -0.3 is 4.89 Å². The molecule has 0 aliphatic rings. The Labute approximate surface area is 145 Å². The number of nitro groups is 1. The van der Waals surface area contributed by atoms with E-state index in [1.807, 2.05) is 6.92 Å². The van der Waals surface area contributed by atoms with Crippen LogP contribution in [0.4, 0.5) is 10.2 Å². The van der Waals surface area contributed by atoms with Crippen molar-refractivity contribution in [1.82, 2.24) is 9.78 Å². The molecule has 25 heavy (non-hydrogen) atoms. The SMILES string of the molecule is CCCn1nc(C/C=C\C(=C/CF)[N+](=O)[O-])cc1N=C(C)OOCC. The Hall–Kier alpha value is -2.55. The van der Waals surface area contributed by atoms with Crippen LogP contribution in [0.1, 0.15) is 32.9 Å². The number of halogens is 1. The number of hydrogen-bond donors (Lipinski definition) is 0. The minimum absolute atomic E-state index is 0.283. The van der Waals surface area contributed by atoms with Crippen LogP contribution < -0.4 is 0 Å². The molecule has 0 N–H and O–H groups in total. The lowest BCUT2D eigenvalue weighted by atomic mass is 10.2. The van der Waals surface area contributed by atoms with Gasteiger partial charge in [0.2, 0.25) is 5.90 Å². The Morgan fingerprint density at radius 1 is 1.52 bits per heavy atom. The fourth-order valence-corrected chi connectivity index (χ4v) is 1.93. The summed E-state index contributed by atoms with van der Waals surface area (Å²) < 4.78 is 14.0. The van der Waals surface area contributed by atoms with E-state index in [-0.39, 0.29) is 5.70 Å². The molecule has 0 atom stereocenters. The molecular weight excluding hydrogens is 331 g/mol. The molecule has 0 spiro atoms. The Morgan fingerprint density at radius 2 is 2.28 bits per heavy atom. The number of aliphatic imine (C=N–C) groups is 1. The largest absolute Gasteiger partial charge is 0.322 e. The van der Waals surface area contributed by atoms with Crippen molar-refractivity contribution in [2.45, 2.75) is 40.2 Å². The van der Waals surface area contributed by atoms with Crippen molar-refractivity contribution in [3.05, 3.63) is 45.8 Å². The predicted molar refractivity (Wildman–Crippen MR) is 91.9 cm³/mol. The molecule has 0 unspecified atom stereocenters. The van der Waals surface area contributed by atoms with Gasteiger partial charge in [0, 0.05) is 38.1 Å². The molecule has 0 radical (unpaired) electrons. The van der Waals surface area contributed by atoms with Crippen molar-refractivity contribution < 1.29 is 19.1 Å². The van der Waals surface area contributed by atoms with Gasteiger partial charge in [-0.05, 0) is 13.3 Å². The molecule has 0 aliphatic carbocycles. The standard InChI is InChI=1S/C16H23FN4O4/c1-4-11-20-16(18-13(3)25-24-5-2)12-14(19-20)7-6-8-15(9-10-17)21(22)23/h6,8-9,12H,4-5,7,10-11H2,1-3H3/b8-6-,15-9+,18-13?. The fourth-order valence-electron chi connectivity index (χ4n) is 1.93. The number of nitrogens with zero attached hydrogens (tertiary/aromatic N) is 4. The topological polar surface area (TPSA) is 91.8 Å². The molecule has 0 bridgehead atoms. The Bertz CT molecular complexity index is 653. The summed E-state index contributed by atoms with van der Waals surface area (Å²) in [5, 5.41) is 15.2. The zero-order chi connectivity index (χ0) is 18.7. The normalized spacial score (nSPS) is 12.8. The Balaban J connectivity index is 2.89. The zero-order valence-corrected chi connectivity index (χ0v) is 14.6. The second-order valence-corrected chi connectivity index (χ2v) is 4.98. The maximum absolute atomic E-state index is 12.2. The van der Waals surface area contributed by atoms with Crippen LogP contribution in [0.5, 0.6) is 0 Å². The number of hydrogen-bond acceptors (Lipinski definition) is 6. The van der Waals surface area contributed by atoms with E-state index in [2.05, 4.69) is 10.1 Å². The van der Waals surface area contributed by atoms with E-state index in [9.17, 15) is 14.5 Å². The van der Waals surface area contributed by atoms with Crippen LogP contribution in [-0.4, -0.2) is 33.9 Å². The summed E-state index contributed by atoms with van der Waals surface area (Å²) in [6.07, 6.45) is 4.98. The fraction of sp³-hybridized carbons (Fsp3) is 0.500. The van der Waals surface area contributed by atoms with Gasteiger partial charge in [-0.15, -0.1) is 0 Å². The number of rotatable bonds is 10. The number of aryl methyl sites for hydroxylation is 1. The van der Waals surface area contributed by atoms with Crippen LogP contribution in [0.15, 0.2) is 35.0 Å². The third-order valence-electron chi connectivity index (χ3n) is 2.93. The molecule has 138 valence electrons. The first kappa shape index (κ1) is 20.5. The third kappa shape index (κ3) is 7.25. The average Bonchev–Trinajstić information content (AvgIpc) is 2.94. The predicted octanol–water partition coefficient (Wildman–Crippen LogP) is 3.54. The van der Waals surface area contributed by atoms with Crippen LogP contribution >= 0.6 is 0 Å². The maximum Gasteiger partial charge on any atom is 0.267 e. The molecule has 8 nitrogen and oxygen atoms in total. The van der Waals surface area contributed by atoms with E-state index in [4.69, 9.17) is 9.78 Å². The van der Waals surface area contributed by atoms with E-state index < -0.39 is 11.6 Å². The van der Waals surface area contributed by atoms with E-state index in [0.717, 1.165) is 12.5 Å². The molecule has 1 rings (SSSR count). The summed E-state index contributed by atoms with van der Waals surface area (Å²) in [5.74, 6) is 0.957. The van der Waals surface area contributed by atoms with Gasteiger partial charge in [-0.25, -0.2) is 9.07 Å². The van der Waals surface area contributed by atoms with Crippen molar-refractivity contribution in [1.29, 1.82) is 0 Å². The number of aromatic nitrogens is 2. The van der Waals surface area contributed by atoms with Crippen molar-refractivity contribution in [3.63, 3.8) is 0 Å². The average molecular weight is 354 g/mol. The van der Waals surface area contributed by atoms with E-state index in [1.165, 1.54) is 6.08 Å². The van der Waals surface area contributed by atoms with Gasteiger partial charge >= 0.3 is 0 Å². The van der Waals surface area contributed by atoms with Crippen molar-refractivity contribution in [2.24, 2.45) is 4.99 Å². The number of allylic oxidation sites excluding steroid dienone is 3. The van der Waals surface area contributed by atoms with Gasteiger partial charge in [0.05, 0.1) is 17.2 Å². The molecule has 1 aromatic rings. The first-order chi connectivity index (χ1) is 12.0. The summed E-state index contributed by atoms with van der Waals surface area (Å²) in [6.45, 7) is 5.68. The Morgan fingerprint density at radius 3 is 2.88 bits per heavy atom. The monoisotopic (exact) mass is 354 g/mol. The molecule has 0 aliphatic heterocycles. The highest BCUT2D eigenvalue weighted by Crippen LogP contribution is 2.17.